The number of phenols is 1. The van der Waals surface area contributed by atoms with E-state index < -0.39 is 22.9 Å². The highest BCUT2D eigenvalue weighted by Gasteiger charge is 2.28. The van der Waals surface area contributed by atoms with Crippen LogP contribution in [0.5, 0.6) is 5.75 Å². The predicted molar refractivity (Wildman–Crippen MR) is 130 cm³/mol. The average molecular weight is 521 g/mol. The molecule has 0 spiro atoms. The number of halogens is 1. The third-order valence-electron chi connectivity index (χ3n) is 5.07. The van der Waals surface area contributed by atoms with Gasteiger partial charge in [0.1, 0.15) is 11.3 Å². The number of phenolic OH excluding ortho intramolecular Hbond substituents is 1. The fourth-order valence-electron chi connectivity index (χ4n) is 3.38. The molecule has 4 aromatic carbocycles. The van der Waals surface area contributed by atoms with Crippen LogP contribution in [-0.4, -0.2) is 21.9 Å². The lowest BCUT2D eigenvalue weighted by Crippen LogP contribution is -2.26. The molecule has 4 rings (SSSR count). The number of non-ortho nitro benzene ring substituents is 1. The van der Waals surface area contributed by atoms with Crippen LogP contribution in [0, 0.1) is 10.1 Å². The summed E-state index contributed by atoms with van der Waals surface area (Å²) in [5, 5.41) is 25.4. The van der Waals surface area contributed by atoms with Crippen molar-refractivity contribution in [3.8, 4) is 5.75 Å². The van der Waals surface area contributed by atoms with E-state index in [0.29, 0.717) is 10.0 Å². The quantitative estimate of drug-likeness (QED) is 0.189. The number of hydrogen-bond acceptors (Lipinski definition) is 6. The van der Waals surface area contributed by atoms with Crippen LogP contribution in [0.2, 0.25) is 0 Å². The van der Waals surface area contributed by atoms with Gasteiger partial charge in [0.15, 0.2) is 0 Å². The summed E-state index contributed by atoms with van der Waals surface area (Å²) in [5.41, 5.74) is 0.444. The summed E-state index contributed by atoms with van der Waals surface area (Å²) >= 11 is 3.21. The highest BCUT2D eigenvalue weighted by atomic mass is 79.9. The summed E-state index contributed by atoms with van der Waals surface area (Å²) in [7, 11) is 0. The molecule has 1 unspecified atom stereocenters. The SMILES string of the molecule is O=C(OC(C(=O)Nc1ccc([N+](=O)[O-])cc1Br)c1ccccc1)c1cc2ccccc2cc1O. The molecule has 34 heavy (non-hydrogen) atoms. The molecule has 0 fully saturated rings. The van der Waals surface area contributed by atoms with Gasteiger partial charge in [0.2, 0.25) is 6.10 Å². The van der Waals surface area contributed by atoms with Gasteiger partial charge in [-0.1, -0.05) is 54.6 Å². The van der Waals surface area contributed by atoms with Crippen molar-refractivity contribution in [3.05, 3.63) is 111 Å². The molecule has 1 amide bonds. The molecule has 0 aliphatic heterocycles. The van der Waals surface area contributed by atoms with Gasteiger partial charge in [-0.25, -0.2) is 4.79 Å². The van der Waals surface area contributed by atoms with E-state index in [-0.39, 0.29) is 22.7 Å². The summed E-state index contributed by atoms with van der Waals surface area (Å²) < 4.78 is 5.85. The van der Waals surface area contributed by atoms with E-state index in [1.807, 2.05) is 6.07 Å². The van der Waals surface area contributed by atoms with Gasteiger partial charge in [0.05, 0.1) is 10.6 Å². The van der Waals surface area contributed by atoms with Crippen LogP contribution >= 0.6 is 15.9 Å². The van der Waals surface area contributed by atoms with Crippen LogP contribution in [0.3, 0.4) is 0 Å². The van der Waals surface area contributed by atoms with Crippen LogP contribution < -0.4 is 5.32 Å². The molecule has 0 bridgehead atoms. The zero-order valence-corrected chi connectivity index (χ0v) is 19.1. The lowest BCUT2D eigenvalue weighted by atomic mass is 10.1. The van der Waals surface area contributed by atoms with E-state index in [0.717, 1.165) is 10.8 Å². The first-order valence-electron chi connectivity index (χ1n) is 10.1. The molecule has 2 N–H and O–H groups in total. The molecule has 0 radical (unpaired) electrons. The van der Waals surface area contributed by atoms with E-state index in [2.05, 4.69) is 21.2 Å². The molecule has 0 aliphatic rings. The van der Waals surface area contributed by atoms with Crippen molar-refractivity contribution < 1.29 is 24.4 Å². The van der Waals surface area contributed by atoms with Crippen LogP contribution in [0.15, 0.2) is 89.4 Å². The van der Waals surface area contributed by atoms with Crippen molar-refractivity contribution in [2.75, 3.05) is 5.32 Å². The number of amides is 1. The molecular weight excluding hydrogens is 504 g/mol. The molecular formula is C25H17BrN2O6. The minimum Gasteiger partial charge on any atom is -0.507 e. The van der Waals surface area contributed by atoms with Crippen molar-refractivity contribution >= 4 is 50.0 Å². The monoisotopic (exact) mass is 520 g/mol. The van der Waals surface area contributed by atoms with Gasteiger partial charge >= 0.3 is 5.97 Å². The van der Waals surface area contributed by atoms with Crippen molar-refractivity contribution in [3.63, 3.8) is 0 Å². The van der Waals surface area contributed by atoms with Crippen LogP contribution in [0.4, 0.5) is 11.4 Å². The van der Waals surface area contributed by atoms with Gasteiger partial charge in [-0.15, -0.1) is 0 Å². The zero-order valence-electron chi connectivity index (χ0n) is 17.5. The number of carbonyl (C=O) groups is 2. The first kappa shape index (κ1) is 22.9. The van der Waals surface area contributed by atoms with Crippen molar-refractivity contribution in [1.82, 2.24) is 0 Å². The molecule has 0 saturated carbocycles. The summed E-state index contributed by atoms with van der Waals surface area (Å²) in [6.45, 7) is 0. The Labute approximate surface area is 202 Å². The smallest absolute Gasteiger partial charge is 0.343 e. The lowest BCUT2D eigenvalue weighted by Gasteiger charge is -2.19. The van der Waals surface area contributed by atoms with Gasteiger partial charge in [-0.05, 0) is 44.9 Å². The molecule has 0 aliphatic carbocycles. The minimum atomic E-state index is -1.35. The number of nitro groups is 1. The Balaban J connectivity index is 1.63. The molecule has 0 saturated heterocycles. The minimum absolute atomic E-state index is 0.0797. The Morgan fingerprint density at radius 2 is 1.59 bits per heavy atom. The highest BCUT2D eigenvalue weighted by Crippen LogP contribution is 2.31. The Hall–Kier alpha value is -4.24. The number of benzene rings is 4. The van der Waals surface area contributed by atoms with Gasteiger partial charge in [-0.2, -0.15) is 0 Å². The number of fused-ring (bicyclic) bond motifs is 1. The number of rotatable bonds is 6. The normalized spacial score (nSPS) is 11.6. The summed E-state index contributed by atoms with van der Waals surface area (Å²) in [5.74, 6) is -1.82. The summed E-state index contributed by atoms with van der Waals surface area (Å²) in [6.07, 6.45) is -1.35. The van der Waals surface area contributed by atoms with E-state index in [1.165, 1.54) is 30.3 Å². The standard InChI is InChI=1S/C25H17BrN2O6/c26-20-14-18(28(32)33)10-11-21(20)27-24(30)23(15-6-2-1-3-7-15)34-25(31)19-12-16-8-4-5-9-17(16)13-22(19)29/h1-14,23,29H,(H,27,30). The van der Waals surface area contributed by atoms with E-state index in [9.17, 15) is 24.8 Å². The maximum Gasteiger partial charge on any atom is 0.343 e. The number of aromatic hydroxyl groups is 1. The van der Waals surface area contributed by atoms with Gasteiger partial charge in [0, 0.05) is 22.2 Å². The summed E-state index contributed by atoms with van der Waals surface area (Å²) in [6, 6.07) is 22.4. The van der Waals surface area contributed by atoms with Crippen molar-refractivity contribution in [2.24, 2.45) is 0 Å². The number of hydrogen-bond donors (Lipinski definition) is 2. The Kier molecular flexibility index (Phi) is 6.55. The van der Waals surface area contributed by atoms with Gasteiger partial charge in [-0.3, -0.25) is 14.9 Å². The molecule has 0 heterocycles. The molecule has 8 nitrogen and oxygen atoms in total. The second-order valence-electron chi connectivity index (χ2n) is 7.32. The lowest BCUT2D eigenvalue weighted by molar-refractivity contribution is -0.384. The molecule has 4 aromatic rings. The number of ether oxygens (including phenoxy) is 1. The predicted octanol–water partition coefficient (Wildman–Crippen LogP) is 5.75. The van der Waals surface area contributed by atoms with Crippen LogP contribution in [0.25, 0.3) is 10.8 Å². The third kappa shape index (κ3) is 4.89. The number of nitro benzene ring substituents is 1. The first-order chi connectivity index (χ1) is 16.3. The second-order valence-corrected chi connectivity index (χ2v) is 8.18. The topological polar surface area (TPSA) is 119 Å². The molecule has 9 heteroatoms. The largest absolute Gasteiger partial charge is 0.507 e. The number of nitrogens with zero attached hydrogens (tertiary/aromatic N) is 1. The number of anilines is 1. The van der Waals surface area contributed by atoms with Gasteiger partial charge < -0.3 is 15.2 Å². The number of esters is 1. The maximum atomic E-state index is 13.1. The van der Waals surface area contributed by atoms with Gasteiger partial charge in [0.25, 0.3) is 11.6 Å². The van der Waals surface area contributed by atoms with Crippen molar-refractivity contribution in [2.45, 2.75) is 6.10 Å². The Bertz CT molecular complexity index is 1410. The summed E-state index contributed by atoms with van der Waals surface area (Å²) in [4.78, 5) is 36.5. The van der Waals surface area contributed by atoms with Crippen molar-refractivity contribution in [1.29, 1.82) is 0 Å². The van der Waals surface area contributed by atoms with Crippen LogP contribution in [0.1, 0.15) is 22.0 Å². The fraction of sp³-hybridized carbons (Fsp3) is 0.0400. The first-order valence-corrected chi connectivity index (χ1v) is 10.9. The highest BCUT2D eigenvalue weighted by molar-refractivity contribution is 9.10. The van der Waals surface area contributed by atoms with Crippen LogP contribution in [-0.2, 0) is 9.53 Å². The fourth-order valence-corrected chi connectivity index (χ4v) is 3.85. The number of nitrogens with one attached hydrogen (secondary N) is 1. The maximum absolute atomic E-state index is 13.1. The second kappa shape index (κ2) is 9.72. The molecule has 0 aromatic heterocycles. The van der Waals surface area contributed by atoms with E-state index >= 15 is 0 Å². The Morgan fingerprint density at radius 3 is 2.24 bits per heavy atom. The zero-order chi connectivity index (χ0) is 24.2. The number of carbonyl (C=O) groups excluding carboxylic acids is 2. The third-order valence-corrected chi connectivity index (χ3v) is 5.73. The van der Waals surface area contributed by atoms with E-state index in [4.69, 9.17) is 4.74 Å². The average Bonchev–Trinajstić information content (AvgIpc) is 2.83. The molecule has 170 valence electrons. The molecule has 1 atom stereocenters. The Morgan fingerprint density at radius 1 is 0.941 bits per heavy atom. The van der Waals surface area contributed by atoms with E-state index in [1.54, 1.807) is 48.5 Å².